The Kier molecular flexibility index (Phi) is 4.79. The first-order valence-corrected chi connectivity index (χ1v) is 8.28. The second-order valence-corrected chi connectivity index (χ2v) is 6.97. The molecular weight excluding hydrogens is 280 g/mol. The fraction of sp³-hybridized carbons (Fsp3) is 0.750. The molecule has 1 unspecified atom stereocenters. The lowest BCUT2D eigenvalue weighted by Crippen LogP contribution is -2.44. The smallest absolute Gasteiger partial charge is 0.244 e. The summed E-state index contributed by atoms with van der Waals surface area (Å²) >= 11 is 0. The van der Waals surface area contributed by atoms with Crippen LogP contribution in [0.1, 0.15) is 30.7 Å². The van der Waals surface area contributed by atoms with E-state index in [0.29, 0.717) is 12.2 Å². The monoisotopic (exact) mass is 302 g/mol. The minimum atomic E-state index is -3.64. The Balaban J connectivity index is 2.09. The molecule has 0 aliphatic carbocycles. The summed E-state index contributed by atoms with van der Waals surface area (Å²) in [5, 5.41) is 15.6. The van der Waals surface area contributed by atoms with Crippen LogP contribution in [0.25, 0.3) is 0 Å². The van der Waals surface area contributed by atoms with E-state index in [1.54, 1.807) is 6.92 Å². The number of sulfonamides is 1. The van der Waals surface area contributed by atoms with Crippen molar-refractivity contribution in [1.29, 1.82) is 0 Å². The van der Waals surface area contributed by atoms with Gasteiger partial charge in [-0.1, -0.05) is 6.42 Å². The molecular formula is C12H22N4O3S. The van der Waals surface area contributed by atoms with Crippen LogP contribution in [0.4, 0.5) is 0 Å². The number of nitrogens with zero attached hydrogens (tertiary/aromatic N) is 2. The zero-order valence-electron chi connectivity index (χ0n) is 11.9. The largest absolute Gasteiger partial charge is 0.390 e. The van der Waals surface area contributed by atoms with Gasteiger partial charge in [0.2, 0.25) is 10.0 Å². The molecule has 8 heteroatoms. The van der Waals surface area contributed by atoms with Crippen molar-refractivity contribution in [3.8, 4) is 0 Å². The molecule has 2 rings (SSSR count). The molecule has 1 aliphatic heterocycles. The molecule has 0 aromatic carbocycles. The summed E-state index contributed by atoms with van der Waals surface area (Å²) in [5.41, 5.74) is 0.602. The van der Waals surface area contributed by atoms with Crippen molar-refractivity contribution in [2.75, 3.05) is 20.1 Å². The molecule has 0 saturated carbocycles. The number of hydrogen-bond acceptors (Lipinski definition) is 5. The van der Waals surface area contributed by atoms with Gasteiger partial charge in [-0.2, -0.15) is 5.10 Å². The van der Waals surface area contributed by atoms with Gasteiger partial charge < -0.3 is 10.0 Å². The van der Waals surface area contributed by atoms with Gasteiger partial charge in [-0.25, -0.2) is 13.1 Å². The highest BCUT2D eigenvalue weighted by Crippen LogP contribution is 2.19. The highest BCUT2D eigenvalue weighted by Gasteiger charge is 2.26. The molecule has 2 heterocycles. The SMILES string of the molecule is Cc1[nH]nc(CO)c1S(=O)(=O)NCC1CCCCN1C. The summed E-state index contributed by atoms with van der Waals surface area (Å²) in [6, 6.07) is 0.225. The number of nitrogens with one attached hydrogen (secondary N) is 2. The number of rotatable bonds is 5. The lowest BCUT2D eigenvalue weighted by atomic mass is 10.0. The second-order valence-electron chi connectivity index (χ2n) is 5.26. The highest BCUT2D eigenvalue weighted by molar-refractivity contribution is 7.89. The van der Waals surface area contributed by atoms with Gasteiger partial charge in [0.25, 0.3) is 0 Å². The van der Waals surface area contributed by atoms with E-state index in [2.05, 4.69) is 19.8 Å². The molecule has 0 amide bonds. The summed E-state index contributed by atoms with van der Waals surface area (Å²) in [6.07, 6.45) is 3.29. The average molecular weight is 302 g/mol. The van der Waals surface area contributed by atoms with Gasteiger partial charge >= 0.3 is 0 Å². The van der Waals surface area contributed by atoms with E-state index in [-0.39, 0.29) is 16.6 Å². The number of piperidine rings is 1. The first-order chi connectivity index (χ1) is 9.45. The number of aliphatic hydroxyl groups is 1. The van der Waals surface area contributed by atoms with E-state index in [1.807, 2.05) is 7.05 Å². The first-order valence-electron chi connectivity index (χ1n) is 6.80. The van der Waals surface area contributed by atoms with Crippen LogP contribution >= 0.6 is 0 Å². The van der Waals surface area contributed by atoms with Crippen LogP contribution in [0.15, 0.2) is 4.90 Å². The summed E-state index contributed by atoms with van der Waals surface area (Å²) in [6.45, 7) is 2.62. The Morgan fingerprint density at radius 2 is 2.25 bits per heavy atom. The average Bonchev–Trinajstić information content (AvgIpc) is 2.80. The van der Waals surface area contributed by atoms with Gasteiger partial charge in [0.15, 0.2) is 0 Å². The number of H-pyrrole nitrogens is 1. The maximum absolute atomic E-state index is 12.3. The number of likely N-dealkylation sites (N-methyl/N-ethyl adjacent to an activating group) is 1. The molecule has 0 spiro atoms. The molecule has 3 N–H and O–H groups in total. The maximum Gasteiger partial charge on any atom is 0.244 e. The second kappa shape index (κ2) is 6.21. The van der Waals surface area contributed by atoms with Gasteiger partial charge in [0, 0.05) is 12.6 Å². The molecule has 1 fully saturated rings. The van der Waals surface area contributed by atoms with Crippen molar-refractivity contribution in [2.45, 2.75) is 43.7 Å². The Morgan fingerprint density at radius 1 is 1.50 bits per heavy atom. The van der Waals surface area contributed by atoms with Crippen molar-refractivity contribution in [3.63, 3.8) is 0 Å². The fourth-order valence-electron chi connectivity index (χ4n) is 2.61. The van der Waals surface area contributed by atoms with Crippen LogP contribution in [-0.4, -0.2) is 54.8 Å². The van der Waals surface area contributed by atoms with E-state index in [9.17, 15) is 13.5 Å². The predicted octanol–water partition coefficient (Wildman–Crippen LogP) is -0.0270. The molecule has 20 heavy (non-hydrogen) atoms. The number of aryl methyl sites for hydroxylation is 1. The Bertz CT molecular complexity index is 555. The standard InChI is InChI=1S/C12H22N4O3S/c1-9-12(11(8-17)15-14-9)20(18,19)13-7-10-5-3-4-6-16(10)2/h10,13,17H,3-8H2,1-2H3,(H,14,15). The van der Waals surface area contributed by atoms with E-state index in [0.717, 1.165) is 25.8 Å². The normalized spacial score (nSPS) is 21.2. The molecule has 0 bridgehead atoms. The third-order valence-electron chi connectivity index (χ3n) is 3.81. The summed E-state index contributed by atoms with van der Waals surface area (Å²) < 4.78 is 27.3. The van der Waals surface area contributed by atoms with Crippen molar-refractivity contribution in [1.82, 2.24) is 19.8 Å². The van der Waals surface area contributed by atoms with E-state index >= 15 is 0 Å². The Labute approximate surface area is 119 Å². The van der Waals surface area contributed by atoms with Crippen molar-refractivity contribution in [2.24, 2.45) is 0 Å². The fourth-order valence-corrected chi connectivity index (χ4v) is 4.04. The predicted molar refractivity (Wildman–Crippen MR) is 74.7 cm³/mol. The lowest BCUT2D eigenvalue weighted by Gasteiger charge is -2.32. The third kappa shape index (κ3) is 3.20. The Morgan fingerprint density at radius 3 is 2.90 bits per heavy atom. The van der Waals surface area contributed by atoms with Gasteiger partial charge in [0.05, 0.1) is 12.3 Å². The molecule has 7 nitrogen and oxygen atoms in total. The minimum absolute atomic E-state index is 0.0680. The molecule has 1 aromatic rings. The first kappa shape index (κ1) is 15.4. The lowest BCUT2D eigenvalue weighted by molar-refractivity contribution is 0.187. The van der Waals surface area contributed by atoms with Gasteiger partial charge in [-0.3, -0.25) is 5.10 Å². The van der Waals surface area contributed by atoms with Crippen LogP contribution in [0.5, 0.6) is 0 Å². The molecule has 0 radical (unpaired) electrons. The molecule has 1 aliphatic rings. The van der Waals surface area contributed by atoms with E-state index < -0.39 is 16.6 Å². The number of aromatic amines is 1. The van der Waals surface area contributed by atoms with Crippen LogP contribution in [0.2, 0.25) is 0 Å². The number of aliphatic hydroxyl groups excluding tert-OH is 1. The molecule has 1 atom stereocenters. The zero-order valence-corrected chi connectivity index (χ0v) is 12.7. The molecule has 114 valence electrons. The van der Waals surface area contributed by atoms with Crippen LogP contribution < -0.4 is 4.72 Å². The third-order valence-corrected chi connectivity index (χ3v) is 5.44. The van der Waals surface area contributed by atoms with E-state index in [1.165, 1.54) is 0 Å². The van der Waals surface area contributed by atoms with Crippen molar-refractivity contribution < 1.29 is 13.5 Å². The highest BCUT2D eigenvalue weighted by atomic mass is 32.2. The van der Waals surface area contributed by atoms with Crippen LogP contribution in [0.3, 0.4) is 0 Å². The number of aromatic nitrogens is 2. The maximum atomic E-state index is 12.3. The van der Waals surface area contributed by atoms with Crippen LogP contribution in [-0.2, 0) is 16.6 Å². The van der Waals surface area contributed by atoms with Gasteiger partial charge in [0.1, 0.15) is 10.6 Å². The topological polar surface area (TPSA) is 98.3 Å². The Hall–Kier alpha value is -0.960. The quantitative estimate of drug-likeness (QED) is 0.709. The minimum Gasteiger partial charge on any atom is -0.390 e. The number of likely N-dealkylation sites (tertiary alicyclic amines) is 1. The zero-order chi connectivity index (χ0) is 14.8. The summed E-state index contributed by atoms with van der Waals surface area (Å²) in [4.78, 5) is 2.25. The molecule has 1 saturated heterocycles. The van der Waals surface area contributed by atoms with Crippen molar-refractivity contribution >= 4 is 10.0 Å². The van der Waals surface area contributed by atoms with Gasteiger partial charge in [-0.05, 0) is 33.4 Å². The van der Waals surface area contributed by atoms with Crippen LogP contribution in [0, 0.1) is 6.92 Å². The molecule has 1 aromatic heterocycles. The van der Waals surface area contributed by atoms with E-state index in [4.69, 9.17) is 0 Å². The number of hydrogen-bond donors (Lipinski definition) is 3. The summed E-state index contributed by atoms with van der Waals surface area (Å²) in [5.74, 6) is 0. The summed E-state index contributed by atoms with van der Waals surface area (Å²) in [7, 11) is -1.63. The van der Waals surface area contributed by atoms with Gasteiger partial charge in [-0.15, -0.1) is 0 Å². The van der Waals surface area contributed by atoms with Crippen molar-refractivity contribution in [3.05, 3.63) is 11.4 Å².